The minimum absolute atomic E-state index is 0.0202. The Kier molecular flexibility index (Phi) is 2.14. The van der Waals surface area contributed by atoms with Gasteiger partial charge in [0.25, 0.3) is 0 Å². The molecule has 4 N–H and O–H groups in total. The van der Waals surface area contributed by atoms with Crippen molar-refractivity contribution in [1.82, 2.24) is 0 Å². The summed E-state index contributed by atoms with van der Waals surface area (Å²) in [5, 5.41) is 8.91. The Morgan fingerprint density at radius 2 is 2.14 bits per heavy atom. The van der Waals surface area contributed by atoms with Crippen LogP contribution in [0.2, 0.25) is 0 Å². The summed E-state index contributed by atoms with van der Waals surface area (Å²) in [7, 11) is 0. The predicted octanol–water partition coefficient (Wildman–Crippen LogP) is 1.55. The van der Waals surface area contributed by atoms with Crippen LogP contribution >= 0.6 is 0 Å². The second-order valence-corrected chi connectivity index (χ2v) is 3.82. The lowest BCUT2D eigenvalue weighted by molar-refractivity contribution is 0.632. The molecule has 0 heterocycles. The Morgan fingerprint density at radius 3 is 2.71 bits per heavy atom. The van der Waals surface area contributed by atoms with Crippen molar-refractivity contribution in [3.8, 4) is 6.07 Å². The van der Waals surface area contributed by atoms with Crippen molar-refractivity contribution in [1.29, 1.82) is 5.26 Å². The van der Waals surface area contributed by atoms with E-state index in [9.17, 15) is 0 Å². The molecular formula is C11H13N3. The largest absolute Gasteiger partial charge is 0.399 e. The van der Waals surface area contributed by atoms with E-state index in [1.807, 2.05) is 6.07 Å². The zero-order chi connectivity index (χ0) is 10.1. The molecule has 1 fully saturated rings. The molecule has 1 aromatic carbocycles. The van der Waals surface area contributed by atoms with Gasteiger partial charge in [-0.25, -0.2) is 0 Å². The van der Waals surface area contributed by atoms with Crippen molar-refractivity contribution in [2.45, 2.75) is 18.9 Å². The van der Waals surface area contributed by atoms with E-state index >= 15 is 0 Å². The maximum atomic E-state index is 8.91. The highest BCUT2D eigenvalue weighted by Gasteiger charge is 2.30. The molecule has 0 amide bonds. The van der Waals surface area contributed by atoms with Gasteiger partial charge in [-0.3, -0.25) is 0 Å². The van der Waals surface area contributed by atoms with E-state index in [1.54, 1.807) is 12.1 Å². The number of hydrogen-bond donors (Lipinski definition) is 2. The third-order valence-electron chi connectivity index (χ3n) is 2.69. The Bertz CT molecular complexity index is 388. The molecule has 0 aromatic heterocycles. The number of benzene rings is 1. The fraction of sp³-hybridized carbons (Fsp3) is 0.364. The monoisotopic (exact) mass is 187 g/mol. The van der Waals surface area contributed by atoms with Gasteiger partial charge in [0.1, 0.15) is 0 Å². The molecule has 0 saturated heterocycles. The summed E-state index contributed by atoms with van der Waals surface area (Å²) < 4.78 is 0. The van der Waals surface area contributed by atoms with E-state index in [1.165, 1.54) is 12.8 Å². The number of hydrogen-bond acceptors (Lipinski definition) is 3. The molecule has 3 heteroatoms. The third-order valence-corrected chi connectivity index (χ3v) is 2.69. The van der Waals surface area contributed by atoms with E-state index in [0.717, 1.165) is 5.56 Å². The number of nitrogens with two attached hydrogens (primary N) is 2. The third kappa shape index (κ3) is 1.57. The summed E-state index contributed by atoms with van der Waals surface area (Å²) in [5.74, 6) is 0.545. The topological polar surface area (TPSA) is 75.8 Å². The molecule has 0 spiro atoms. The van der Waals surface area contributed by atoms with Crippen molar-refractivity contribution in [2.24, 2.45) is 11.7 Å². The Balaban J connectivity index is 2.38. The maximum Gasteiger partial charge on any atom is 0.0995 e. The highest BCUT2D eigenvalue weighted by molar-refractivity contribution is 5.50. The van der Waals surface area contributed by atoms with Gasteiger partial charge in [-0.2, -0.15) is 5.26 Å². The number of nitrogens with zero attached hydrogens (tertiary/aromatic N) is 1. The second-order valence-electron chi connectivity index (χ2n) is 3.82. The first-order valence-electron chi connectivity index (χ1n) is 4.77. The van der Waals surface area contributed by atoms with Crippen LogP contribution in [0.1, 0.15) is 30.0 Å². The van der Waals surface area contributed by atoms with Crippen LogP contribution in [0.25, 0.3) is 0 Å². The van der Waals surface area contributed by atoms with Crippen LogP contribution in [0.3, 0.4) is 0 Å². The molecule has 1 atom stereocenters. The molecule has 0 unspecified atom stereocenters. The van der Waals surface area contributed by atoms with Crippen molar-refractivity contribution >= 4 is 5.69 Å². The first kappa shape index (κ1) is 9.04. The van der Waals surface area contributed by atoms with E-state index in [4.69, 9.17) is 16.7 Å². The molecule has 1 aliphatic rings. The summed E-state index contributed by atoms with van der Waals surface area (Å²) in [6, 6.07) is 7.43. The van der Waals surface area contributed by atoms with E-state index in [-0.39, 0.29) is 6.04 Å². The number of rotatable bonds is 2. The van der Waals surface area contributed by atoms with Crippen molar-refractivity contribution in [2.75, 3.05) is 5.73 Å². The number of nitriles is 1. The molecule has 72 valence electrons. The van der Waals surface area contributed by atoms with Crippen LogP contribution in [0, 0.1) is 17.2 Å². The average molecular weight is 187 g/mol. The van der Waals surface area contributed by atoms with Crippen LogP contribution in [-0.2, 0) is 0 Å². The Labute approximate surface area is 83.3 Å². The second kappa shape index (κ2) is 3.32. The van der Waals surface area contributed by atoms with Crippen LogP contribution in [-0.4, -0.2) is 0 Å². The van der Waals surface area contributed by atoms with Gasteiger partial charge in [-0.1, -0.05) is 0 Å². The molecule has 3 nitrogen and oxygen atoms in total. The fourth-order valence-electron chi connectivity index (χ4n) is 1.67. The highest BCUT2D eigenvalue weighted by Crippen LogP contribution is 2.40. The first-order valence-corrected chi connectivity index (χ1v) is 4.77. The zero-order valence-electron chi connectivity index (χ0n) is 7.90. The van der Waals surface area contributed by atoms with Gasteiger partial charge in [-0.05, 0) is 42.5 Å². The molecule has 1 aromatic rings. The molecule has 0 radical (unpaired) electrons. The van der Waals surface area contributed by atoms with Gasteiger partial charge in [-0.15, -0.1) is 0 Å². The van der Waals surface area contributed by atoms with Gasteiger partial charge < -0.3 is 11.5 Å². The molecular weight excluding hydrogens is 174 g/mol. The molecule has 2 rings (SSSR count). The summed E-state index contributed by atoms with van der Waals surface area (Å²) in [5.41, 5.74) is 13.9. The van der Waals surface area contributed by atoms with Gasteiger partial charge in [0.15, 0.2) is 0 Å². The van der Waals surface area contributed by atoms with Crippen molar-refractivity contribution in [3.05, 3.63) is 29.3 Å². The Morgan fingerprint density at radius 1 is 1.43 bits per heavy atom. The van der Waals surface area contributed by atoms with Crippen molar-refractivity contribution in [3.63, 3.8) is 0 Å². The summed E-state index contributed by atoms with van der Waals surface area (Å²) in [6.07, 6.45) is 2.33. The average Bonchev–Trinajstić information content (AvgIpc) is 3.00. The van der Waals surface area contributed by atoms with Gasteiger partial charge in [0, 0.05) is 11.7 Å². The van der Waals surface area contributed by atoms with Gasteiger partial charge in [0.2, 0.25) is 0 Å². The SMILES string of the molecule is N#Cc1ccc(N)cc1[C@H](N)C1CC1. The minimum Gasteiger partial charge on any atom is -0.399 e. The summed E-state index contributed by atoms with van der Waals surface area (Å²) in [6.45, 7) is 0. The lowest BCUT2D eigenvalue weighted by Crippen LogP contribution is -2.14. The van der Waals surface area contributed by atoms with Crippen LogP contribution in [0.15, 0.2) is 18.2 Å². The minimum atomic E-state index is -0.0202. The van der Waals surface area contributed by atoms with Crippen molar-refractivity contribution < 1.29 is 0 Å². The van der Waals surface area contributed by atoms with Crippen LogP contribution in [0.5, 0.6) is 0 Å². The highest BCUT2D eigenvalue weighted by atomic mass is 14.7. The van der Waals surface area contributed by atoms with Crippen LogP contribution in [0.4, 0.5) is 5.69 Å². The van der Waals surface area contributed by atoms with E-state index < -0.39 is 0 Å². The maximum absolute atomic E-state index is 8.91. The van der Waals surface area contributed by atoms with E-state index in [2.05, 4.69) is 6.07 Å². The fourth-order valence-corrected chi connectivity index (χ4v) is 1.67. The number of anilines is 1. The zero-order valence-corrected chi connectivity index (χ0v) is 7.90. The predicted molar refractivity (Wildman–Crippen MR) is 55.2 cm³/mol. The molecule has 14 heavy (non-hydrogen) atoms. The van der Waals surface area contributed by atoms with Gasteiger partial charge >= 0.3 is 0 Å². The standard InChI is InChI=1S/C11H13N3/c12-6-8-3-4-9(13)5-10(8)11(14)7-1-2-7/h3-5,7,11H,1-2,13-14H2/t11-/m1/s1. The lowest BCUT2D eigenvalue weighted by atomic mass is 9.97. The first-order chi connectivity index (χ1) is 6.72. The molecule has 1 aliphatic carbocycles. The van der Waals surface area contributed by atoms with Crippen LogP contribution < -0.4 is 11.5 Å². The quantitative estimate of drug-likeness (QED) is 0.690. The van der Waals surface area contributed by atoms with Gasteiger partial charge in [0.05, 0.1) is 11.6 Å². The summed E-state index contributed by atoms with van der Waals surface area (Å²) in [4.78, 5) is 0. The molecule has 1 saturated carbocycles. The summed E-state index contributed by atoms with van der Waals surface area (Å²) >= 11 is 0. The normalized spacial score (nSPS) is 17.4. The molecule has 0 aliphatic heterocycles. The molecule has 0 bridgehead atoms. The number of nitrogen functional groups attached to an aromatic ring is 1. The Hall–Kier alpha value is -1.53. The smallest absolute Gasteiger partial charge is 0.0995 e. The van der Waals surface area contributed by atoms with E-state index in [0.29, 0.717) is 17.2 Å². The lowest BCUT2D eigenvalue weighted by Gasteiger charge is -2.12.